The van der Waals surface area contributed by atoms with Crippen molar-refractivity contribution in [1.82, 2.24) is 10.1 Å². The monoisotopic (exact) mass is 433 g/mol. The molecule has 0 spiro atoms. The van der Waals surface area contributed by atoms with Gasteiger partial charge < -0.3 is 36.5 Å². The largest absolute Gasteiger partial charge is 5.00 e. The van der Waals surface area contributed by atoms with Crippen LogP contribution in [0.5, 0.6) is 0 Å². The molecule has 0 unspecified atom stereocenters. The van der Waals surface area contributed by atoms with E-state index in [0.717, 1.165) is 10.1 Å². The molecule has 0 radical (unpaired) electrons. The van der Waals surface area contributed by atoms with E-state index in [0.29, 0.717) is 0 Å². The molecule has 0 aromatic carbocycles. The maximum Gasteiger partial charge on any atom is 5.00 e. The van der Waals surface area contributed by atoms with Crippen LogP contribution in [0.15, 0.2) is 0 Å². The summed E-state index contributed by atoms with van der Waals surface area (Å²) in [6.45, 7) is 0. The van der Waals surface area contributed by atoms with Gasteiger partial charge in [-0.15, -0.1) is 0 Å². The molecule has 0 aromatic rings. The topological polar surface area (TPSA) is 94.9 Å². The molecular weight excluding hydrogens is 403 g/mol. The first-order valence-corrected chi connectivity index (χ1v) is 4.84. The van der Waals surface area contributed by atoms with Gasteiger partial charge in [0.25, 0.3) is 0 Å². The summed E-state index contributed by atoms with van der Waals surface area (Å²) in [5.74, 6) is 0. The Morgan fingerprint density at radius 1 is 0.556 bits per heavy atom. The number of hydrogen-bond donors (Lipinski definition) is 0. The zero-order valence-electron chi connectivity index (χ0n) is 13.5. The van der Waals surface area contributed by atoms with Crippen LogP contribution in [-0.4, -0.2) is 80.6 Å². The smallest absolute Gasteiger partial charge is 0.785 e. The molecule has 0 fully saturated rings. The van der Waals surface area contributed by atoms with E-state index in [1.54, 1.807) is 42.3 Å². The molecule has 18 heavy (non-hydrogen) atoms. The quantitative estimate of drug-likeness (QED) is 0.546. The van der Waals surface area contributed by atoms with Gasteiger partial charge in [-0.3, -0.25) is 0 Å². The van der Waals surface area contributed by atoms with E-state index in [-0.39, 0.29) is 22.4 Å². The number of hydrogen-bond acceptors (Lipinski definition) is 4. The molecule has 0 saturated carbocycles. The Labute approximate surface area is 129 Å². The van der Waals surface area contributed by atoms with E-state index < -0.39 is 0 Å². The zero-order chi connectivity index (χ0) is 15.3. The Bertz CT molecular complexity index is 65.0. The molecule has 0 amide bonds. The molecule has 112 valence electrons. The molecule has 0 aromatic heterocycles. The fourth-order valence-corrected chi connectivity index (χ4v) is 0. The van der Waals surface area contributed by atoms with Crippen molar-refractivity contribution in [2.75, 3.05) is 70.5 Å². The number of hydroxylamine groups is 4. The van der Waals surface area contributed by atoms with Gasteiger partial charge in [0.05, 0.1) is 0 Å². The minimum absolute atomic E-state index is 0. The van der Waals surface area contributed by atoms with Gasteiger partial charge in [-0.2, -0.15) is 42.3 Å². The maximum absolute atomic E-state index is 9.36. The fraction of sp³-hybridized carbons (Fsp3) is 1.00. The van der Waals surface area contributed by atoms with Crippen LogP contribution < -0.4 is 0 Å². The summed E-state index contributed by atoms with van der Waals surface area (Å²) < 4.78 is 0. The predicted octanol–water partition coefficient (Wildman–Crippen LogP) is 1.95. The Kier molecular flexibility index (Phi) is 106. The molecule has 0 rings (SSSR count). The fourth-order valence-electron chi connectivity index (χ4n) is 0. The zero-order valence-corrected chi connectivity index (χ0v) is 16.7. The van der Waals surface area contributed by atoms with Crippen LogP contribution in [0.1, 0.15) is 0 Å². The van der Waals surface area contributed by atoms with Gasteiger partial charge in [-0.25, -0.2) is 0 Å². The van der Waals surface area contributed by atoms with Crippen molar-refractivity contribution in [3.8, 4) is 0 Å². The van der Waals surface area contributed by atoms with E-state index >= 15 is 0 Å². The SMILES string of the molecule is CN(C)[O-].CN(C)[O-].C[N-]C.C[N-]C.C[N-]C.[Ta+5]. The van der Waals surface area contributed by atoms with Crippen molar-refractivity contribution in [3.05, 3.63) is 26.4 Å². The third-order valence-corrected chi connectivity index (χ3v) is 0. The molecule has 0 heterocycles. The Balaban J connectivity index is -0.0000000249. The second-order valence-corrected chi connectivity index (χ2v) is 2.97. The summed E-state index contributed by atoms with van der Waals surface area (Å²) in [7, 11) is 16.3. The minimum atomic E-state index is 0. The molecule has 0 aliphatic rings. The summed E-state index contributed by atoms with van der Waals surface area (Å²) in [4.78, 5) is 0. The second-order valence-electron chi connectivity index (χ2n) is 2.97. The van der Waals surface area contributed by atoms with Crippen molar-refractivity contribution in [1.29, 1.82) is 0 Å². The molecule has 0 aliphatic heterocycles. The first kappa shape index (κ1) is 36.2. The molecule has 0 N–H and O–H groups in total. The molecule has 0 bridgehead atoms. The maximum atomic E-state index is 9.36. The molecular formula is C10H30N5O2Ta. The van der Waals surface area contributed by atoms with E-state index in [1.165, 1.54) is 28.2 Å². The van der Waals surface area contributed by atoms with Gasteiger partial charge in [0, 0.05) is 0 Å². The average molecular weight is 433 g/mol. The van der Waals surface area contributed by atoms with Crippen LogP contribution >= 0.6 is 0 Å². The van der Waals surface area contributed by atoms with Gasteiger partial charge in [-0.05, 0) is 28.2 Å². The molecule has 0 aliphatic carbocycles. The van der Waals surface area contributed by atoms with Crippen LogP contribution in [0.3, 0.4) is 0 Å². The summed E-state index contributed by atoms with van der Waals surface area (Å²) >= 11 is 0. The Hall–Kier alpha value is 0.460. The third kappa shape index (κ3) is 18600. The van der Waals surface area contributed by atoms with Gasteiger partial charge in [0.1, 0.15) is 0 Å². The van der Waals surface area contributed by atoms with Crippen molar-refractivity contribution in [3.63, 3.8) is 0 Å². The van der Waals surface area contributed by atoms with Crippen molar-refractivity contribution < 1.29 is 22.4 Å². The van der Waals surface area contributed by atoms with Crippen LogP contribution in [0.2, 0.25) is 0 Å². The van der Waals surface area contributed by atoms with Crippen molar-refractivity contribution in [2.45, 2.75) is 0 Å². The summed E-state index contributed by atoms with van der Waals surface area (Å²) in [6.07, 6.45) is 0. The summed E-state index contributed by atoms with van der Waals surface area (Å²) in [6, 6.07) is 0. The Morgan fingerprint density at radius 3 is 0.556 bits per heavy atom. The first-order chi connectivity index (χ1) is 7.71. The van der Waals surface area contributed by atoms with Crippen molar-refractivity contribution >= 4 is 0 Å². The normalized spacial score (nSPS) is 7.00. The standard InChI is InChI=1S/2C2H6NO.3C2H6N.Ta/c2*1-3(2)4;3*1-3-2;/h2*1-2H3;3*1-2H3;/q5*-1;+5. The Morgan fingerprint density at radius 2 is 0.556 bits per heavy atom. The second kappa shape index (κ2) is 52.9. The van der Waals surface area contributed by atoms with Gasteiger partial charge >= 0.3 is 22.4 Å². The van der Waals surface area contributed by atoms with Gasteiger partial charge in [0.2, 0.25) is 0 Å². The predicted molar refractivity (Wildman–Crippen MR) is 79.7 cm³/mol. The molecule has 7 nitrogen and oxygen atoms in total. The number of rotatable bonds is 0. The van der Waals surface area contributed by atoms with Crippen LogP contribution in [0, 0.1) is 10.4 Å². The van der Waals surface area contributed by atoms with Crippen LogP contribution in [-0.2, 0) is 22.4 Å². The van der Waals surface area contributed by atoms with Crippen molar-refractivity contribution in [2.24, 2.45) is 0 Å². The minimum Gasteiger partial charge on any atom is -0.785 e. The van der Waals surface area contributed by atoms with Gasteiger partial charge in [-0.1, -0.05) is 0 Å². The van der Waals surface area contributed by atoms with Crippen LogP contribution in [0.4, 0.5) is 0 Å². The van der Waals surface area contributed by atoms with Crippen LogP contribution in [0.25, 0.3) is 16.0 Å². The molecule has 0 saturated heterocycles. The van der Waals surface area contributed by atoms with E-state index in [9.17, 15) is 10.4 Å². The first-order valence-electron chi connectivity index (χ1n) is 4.84. The summed E-state index contributed by atoms with van der Waals surface area (Å²) in [5, 5.41) is 30.7. The third-order valence-electron chi connectivity index (χ3n) is 0. The molecule has 8 heteroatoms. The summed E-state index contributed by atoms with van der Waals surface area (Å²) in [5.41, 5.74) is 0. The van der Waals surface area contributed by atoms with Gasteiger partial charge in [0.15, 0.2) is 0 Å². The van der Waals surface area contributed by atoms with E-state index in [4.69, 9.17) is 0 Å². The van der Waals surface area contributed by atoms with E-state index in [2.05, 4.69) is 16.0 Å². The average Bonchev–Trinajstić information content (AvgIpc) is 2.03. The number of nitrogens with zero attached hydrogens (tertiary/aromatic N) is 5. The molecule has 0 atom stereocenters. The van der Waals surface area contributed by atoms with E-state index in [1.807, 2.05) is 0 Å².